The van der Waals surface area contributed by atoms with Crippen molar-refractivity contribution in [3.63, 3.8) is 0 Å². The molecule has 1 atom stereocenters. The first-order valence-electron chi connectivity index (χ1n) is 3.90. The molecule has 1 unspecified atom stereocenters. The van der Waals surface area contributed by atoms with Crippen LogP contribution in [0.25, 0.3) is 0 Å². The van der Waals surface area contributed by atoms with Crippen molar-refractivity contribution in [2.45, 2.75) is 13.0 Å². The molecule has 0 spiro atoms. The average molecular weight is 157 g/mol. The van der Waals surface area contributed by atoms with Crippen molar-refractivity contribution in [1.82, 2.24) is 5.32 Å². The predicted molar refractivity (Wildman–Crippen MR) is 44.8 cm³/mol. The van der Waals surface area contributed by atoms with Gasteiger partial charge in [0.15, 0.2) is 0 Å². The predicted octanol–water partition coefficient (Wildman–Crippen LogP) is -0.648. The molecule has 4 heteroatoms. The van der Waals surface area contributed by atoms with Gasteiger partial charge >= 0.3 is 0 Å². The molecule has 1 aliphatic heterocycles. The molecule has 0 saturated carbocycles. The quantitative estimate of drug-likeness (QED) is 0.560. The van der Waals surface area contributed by atoms with Gasteiger partial charge in [-0.15, -0.1) is 0 Å². The lowest BCUT2D eigenvalue weighted by Gasteiger charge is -2.18. The highest BCUT2D eigenvalue weighted by Crippen LogP contribution is 1.89. The van der Waals surface area contributed by atoms with Crippen molar-refractivity contribution in [2.24, 2.45) is 10.7 Å². The molecule has 0 aromatic rings. The molecule has 0 amide bonds. The van der Waals surface area contributed by atoms with Gasteiger partial charge in [0.1, 0.15) is 12.4 Å². The Labute approximate surface area is 66.8 Å². The van der Waals surface area contributed by atoms with Crippen molar-refractivity contribution in [1.29, 1.82) is 0 Å². The van der Waals surface area contributed by atoms with Crippen molar-refractivity contribution in [3.05, 3.63) is 0 Å². The minimum absolute atomic E-state index is 0.287. The van der Waals surface area contributed by atoms with E-state index in [9.17, 15) is 0 Å². The molecule has 11 heavy (non-hydrogen) atoms. The van der Waals surface area contributed by atoms with E-state index in [1.165, 1.54) is 0 Å². The fourth-order valence-electron chi connectivity index (χ4n) is 0.890. The number of hydrogen-bond acceptors (Lipinski definition) is 4. The zero-order chi connectivity index (χ0) is 8.10. The fourth-order valence-corrected chi connectivity index (χ4v) is 0.890. The first kappa shape index (κ1) is 8.49. The maximum atomic E-state index is 5.43. The summed E-state index contributed by atoms with van der Waals surface area (Å²) >= 11 is 0. The second-order valence-electron chi connectivity index (χ2n) is 2.66. The third-order valence-corrected chi connectivity index (χ3v) is 1.54. The van der Waals surface area contributed by atoms with E-state index in [1.54, 1.807) is 0 Å². The van der Waals surface area contributed by atoms with E-state index >= 15 is 0 Å². The van der Waals surface area contributed by atoms with E-state index in [4.69, 9.17) is 10.5 Å². The van der Waals surface area contributed by atoms with Crippen molar-refractivity contribution >= 4 is 5.84 Å². The molecule has 1 rings (SSSR count). The number of nitrogens with two attached hydrogens (primary N) is 1. The lowest BCUT2D eigenvalue weighted by Crippen LogP contribution is -2.41. The number of hydrogen-bond donors (Lipinski definition) is 2. The van der Waals surface area contributed by atoms with Gasteiger partial charge < -0.3 is 15.8 Å². The van der Waals surface area contributed by atoms with E-state index in [-0.39, 0.29) is 6.04 Å². The van der Waals surface area contributed by atoms with Gasteiger partial charge in [-0.2, -0.15) is 0 Å². The Bertz CT molecular complexity index is 147. The van der Waals surface area contributed by atoms with Crippen LogP contribution in [0.1, 0.15) is 6.92 Å². The van der Waals surface area contributed by atoms with Gasteiger partial charge in [-0.3, -0.25) is 4.99 Å². The fraction of sp³-hybridized carbons (Fsp3) is 0.857. The maximum Gasteiger partial charge on any atom is 0.123 e. The summed E-state index contributed by atoms with van der Waals surface area (Å²) in [5, 5.41) is 3.17. The van der Waals surface area contributed by atoms with E-state index < -0.39 is 0 Å². The van der Waals surface area contributed by atoms with Gasteiger partial charge in [-0.25, -0.2) is 0 Å². The van der Waals surface area contributed by atoms with Crippen LogP contribution in [-0.4, -0.2) is 38.2 Å². The van der Waals surface area contributed by atoms with E-state index in [0.29, 0.717) is 13.2 Å². The standard InChI is InChI=1S/C7H15N3O/c1-6(4-8)10-7-5-11-3-2-9-7/h6H,2-5,8H2,1H3,(H,9,10). The van der Waals surface area contributed by atoms with Crippen molar-refractivity contribution in [2.75, 3.05) is 26.3 Å². The summed E-state index contributed by atoms with van der Waals surface area (Å²) in [6.07, 6.45) is 0. The lowest BCUT2D eigenvalue weighted by atomic mass is 10.3. The molecule has 0 aliphatic carbocycles. The maximum absolute atomic E-state index is 5.43. The van der Waals surface area contributed by atoms with Crippen LogP contribution in [0, 0.1) is 0 Å². The molecule has 0 radical (unpaired) electrons. The Morgan fingerprint density at radius 1 is 1.82 bits per heavy atom. The normalized spacial score (nSPS) is 20.7. The third kappa shape index (κ3) is 2.86. The Morgan fingerprint density at radius 3 is 3.18 bits per heavy atom. The zero-order valence-corrected chi connectivity index (χ0v) is 6.84. The van der Waals surface area contributed by atoms with E-state index in [1.807, 2.05) is 6.92 Å². The van der Waals surface area contributed by atoms with Crippen LogP contribution < -0.4 is 11.1 Å². The highest BCUT2D eigenvalue weighted by Gasteiger charge is 2.06. The summed E-state index contributed by atoms with van der Waals surface area (Å²) in [5.74, 6) is 0.925. The number of nitrogens with one attached hydrogen (secondary N) is 1. The van der Waals surface area contributed by atoms with Crippen LogP contribution in [0.15, 0.2) is 4.99 Å². The first-order valence-corrected chi connectivity index (χ1v) is 3.90. The molecular formula is C7H15N3O. The highest BCUT2D eigenvalue weighted by atomic mass is 16.5. The molecule has 0 aromatic carbocycles. The molecule has 1 aliphatic rings. The molecule has 0 aromatic heterocycles. The van der Waals surface area contributed by atoms with Crippen LogP contribution in [0.4, 0.5) is 0 Å². The van der Waals surface area contributed by atoms with Gasteiger partial charge in [0.2, 0.25) is 0 Å². The minimum atomic E-state index is 0.287. The SMILES string of the molecule is CC(CN)NC1=NCCOC1. The van der Waals surface area contributed by atoms with Gasteiger partial charge in [-0.05, 0) is 6.92 Å². The number of aliphatic imine (C=N–C) groups is 1. The number of rotatable bonds is 2. The third-order valence-electron chi connectivity index (χ3n) is 1.54. The minimum Gasteiger partial charge on any atom is -0.372 e. The van der Waals surface area contributed by atoms with Gasteiger partial charge in [0, 0.05) is 12.6 Å². The zero-order valence-electron chi connectivity index (χ0n) is 6.84. The van der Waals surface area contributed by atoms with Gasteiger partial charge in [-0.1, -0.05) is 0 Å². The summed E-state index contributed by atoms with van der Waals surface area (Å²) in [6, 6.07) is 0.287. The van der Waals surface area contributed by atoms with Gasteiger partial charge in [0.05, 0.1) is 13.2 Å². The Kier molecular flexibility index (Phi) is 3.32. The van der Waals surface area contributed by atoms with Crippen LogP contribution >= 0.6 is 0 Å². The molecule has 64 valence electrons. The molecule has 0 fully saturated rings. The van der Waals surface area contributed by atoms with Crippen LogP contribution in [0.3, 0.4) is 0 Å². The monoisotopic (exact) mass is 157 g/mol. The van der Waals surface area contributed by atoms with Crippen molar-refractivity contribution in [3.8, 4) is 0 Å². The number of ether oxygens (including phenoxy) is 1. The molecule has 3 N–H and O–H groups in total. The van der Waals surface area contributed by atoms with Crippen molar-refractivity contribution < 1.29 is 4.74 Å². The highest BCUT2D eigenvalue weighted by molar-refractivity contribution is 5.84. The van der Waals surface area contributed by atoms with Crippen LogP contribution in [-0.2, 0) is 4.74 Å². The van der Waals surface area contributed by atoms with Crippen LogP contribution in [0.2, 0.25) is 0 Å². The van der Waals surface area contributed by atoms with E-state index in [2.05, 4.69) is 10.3 Å². The summed E-state index contributed by atoms with van der Waals surface area (Å²) in [7, 11) is 0. The Morgan fingerprint density at radius 2 is 2.64 bits per heavy atom. The topological polar surface area (TPSA) is 59.6 Å². The second-order valence-corrected chi connectivity index (χ2v) is 2.66. The smallest absolute Gasteiger partial charge is 0.123 e. The molecular weight excluding hydrogens is 142 g/mol. The number of amidine groups is 1. The molecule has 0 saturated heterocycles. The Balaban J connectivity index is 2.29. The van der Waals surface area contributed by atoms with Gasteiger partial charge in [0.25, 0.3) is 0 Å². The summed E-state index contributed by atoms with van der Waals surface area (Å²) in [4.78, 5) is 4.24. The summed E-state index contributed by atoms with van der Waals surface area (Å²) < 4.78 is 5.19. The molecule has 1 heterocycles. The summed E-state index contributed by atoms with van der Waals surface area (Å²) in [6.45, 7) is 4.75. The molecule has 0 bridgehead atoms. The summed E-state index contributed by atoms with van der Waals surface area (Å²) in [5.41, 5.74) is 5.43. The van der Waals surface area contributed by atoms with E-state index in [0.717, 1.165) is 19.0 Å². The Hall–Kier alpha value is -0.610. The largest absolute Gasteiger partial charge is 0.372 e. The van der Waals surface area contributed by atoms with Crippen LogP contribution in [0.5, 0.6) is 0 Å². The molecule has 4 nitrogen and oxygen atoms in total. The number of nitrogens with zero attached hydrogens (tertiary/aromatic N) is 1. The first-order chi connectivity index (χ1) is 5.33. The average Bonchev–Trinajstić information content (AvgIpc) is 2.06. The lowest BCUT2D eigenvalue weighted by molar-refractivity contribution is 0.167. The second kappa shape index (κ2) is 4.31.